The Bertz CT molecular complexity index is 673. The van der Waals surface area contributed by atoms with Crippen molar-refractivity contribution in [3.8, 4) is 5.75 Å². The van der Waals surface area contributed by atoms with Crippen molar-refractivity contribution < 1.29 is 9.53 Å². The van der Waals surface area contributed by atoms with Crippen LogP contribution in [0.5, 0.6) is 5.75 Å². The lowest BCUT2D eigenvalue weighted by atomic mass is 10.2. The van der Waals surface area contributed by atoms with Crippen LogP contribution in [0.3, 0.4) is 0 Å². The van der Waals surface area contributed by atoms with Gasteiger partial charge in [0.05, 0.1) is 12.8 Å². The van der Waals surface area contributed by atoms with E-state index in [2.05, 4.69) is 26.4 Å². The Labute approximate surface area is 142 Å². The number of hydrogen-bond donors (Lipinski definition) is 2. The van der Waals surface area contributed by atoms with E-state index in [1.54, 1.807) is 7.11 Å². The molecule has 0 atom stereocenters. The first-order valence-electron chi connectivity index (χ1n) is 8.45. The second-order valence-electron chi connectivity index (χ2n) is 5.97. The minimum Gasteiger partial charge on any atom is -0.496 e. The van der Waals surface area contributed by atoms with Gasteiger partial charge in [-0.15, -0.1) is 0 Å². The van der Waals surface area contributed by atoms with Crippen LogP contribution in [0.15, 0.2) is 30.5 Å². The number of benzene rings is 1. The van der Waals surface area contributed by atoms with Crippen molar-refractivity contribution in [2.75, 3.05) is 13.7 Å². The lowest BCUT2D eigenvalue weighted by Gasteiger charge is -2.11. The fourth-order valence-corrected chi connectivity index (χ4v) is 2.98. The van der Waals surface area contributed by atoms with Crippen LogP contribution in [-0.4, -0.2) is 29.2 Å². The van der Waals surface area contributed by atoms with Gasteiger partial charge >= 0.3 is 6.03 Å². The van der Waals surface area contributed by atoms with Gasteiger partial charge in [0.25, 0.3) is 0 Å². The molecular weight excluding hydrogens is 304 g/mol. The molecule has 24 heavy (non-hydrogen) atoms. The van der Waals surface area contributed by atoms with Gasteiger partial charge in [-0.2, -0.15) is 0 Å². The van der Waals surface area contributed by atoms with Crippen LogP contribution < -0.4 is 15.4 Å². The van der Waals surface area contributed by atoms with E-state index in [-0.39, 0.29) is 6.03 Å². The fourth-order valence-electron chi connectivity index (χ4n) is 2.98. The Morgan fingerprint density at radius 2 is 2.17 bits per heavy atom. The maximum absolute atomic E-state index is 11.9. The summed E-state index contributed by atoms with van der Waals surface area (Å²) in [6.45, 7) is 2.08. The molecule has 1 aromatic heterocycles. The molecule has 1 aliphatic rings. The molecule has 0 saturated heterocycles. The molecule has 0 radical (unpaired) electrons. The number of fused-ring (bicyclic) bond motifs is 1. The summed E-state index contributed by atoms with van der Waals surface area (Å²) in [6.07, 6.45) is 6.38. The second-order valence-corrected chi connectivity index (χ2v) is 5.97. The first-order valence-corrected chi connectivity index (χ1v) is 8.45. The molecule has 2 heterocycles. The molecule has 0 spiro atoms. The predicted molar refractivity (Wildman–Crippen MR) is 92.1 cm³/mol. The van der Waals surface area contributed by atoms with Gasteiger partial charge in [0.2, 0.25) is 0 Å². The van der Waals surface area contributed by atoms with Crippen molar-refractivity contribution >= 4 is 6.03 Å². The highest BCUT2D eigenvalue weighted by atomic mass is 16.5. The fraction of sp³-hybridized carbons (Fsp3) is 0.444. The van der Waals surface area contributed by atoms with E-state index >= 15 is 0 Å². The van der Waals surface area contributed by atoms with Crippen LogP contribution in [0, 0.1) is 0 Å². The Hall–Kier alpha value is -2.50. The number of rotatable bonds is 6. The summed E-state index contributed by atoms with van der Waals surface area (Å²) in [4.78, 5) is 16.6. The van der Waals surface area contributed by atoms with E-state index < -0.39 is 0 Å². The van der Waals surface area contributed by atoms with E-state index in [4.69, 9.17) is 4.74 Å². The van der Waals surface area contributed by atoms with Gasteiger partial charge < -0.3 is 19.9 Å². The Morgan fingerprint density at radius 3 is 3.00 bits per heavy atom. The molecule has 2 N–H and O–H groups in total. The SMILES string of the molecule is COc1ccccc1CNC(=O)NCCc1cn2c(n1)CCCC2. The summed E-state index contributed by atoms with van der Waals surface area (Å²) < 4.78 is 7.51. The lowest BCUT2D eigenvalue weighted by Crippen LogP contribution is -2.36. The quantitative estimate of drug-likeness (QED) is 0.855. The first kappa shape index (κ1) is 16.4. The number of imidazole rings is 1. The normalized spacial score (nSPS) is 13.2. The number of amides is 2. The molecule has 1 aromatic carbocycles. The maximum atomic E-state index is 11.9. The number of carbonyl (C=O) groups is 1. The molecule has 6 heteroatoms. The zero-order valence-corrected chi connectivity index (χ0v) is 14.0. The molecule has 1 aliphatic heterocycles. The van der Waals surface area contributed by atoms with Crippen LogP contribution in [0.25, 0.3) is 0 Å². The number of nitrogens with one attached hydrogen (secondary N) is 2. The zero-order chi connectivity index (χ0) is 16.8. The Balaban J connectivity index is 1.42. The number of urea groups is 1. The summed E-state index contributed by atoms with van der Waals surface area (Å²) in [5.74, 6) is 1.96. The summed E-state index contributed by atoms with van der Waals surface area (Å²) >= 11 is 0. The number of nitrogens with zero attached hydrogens (tertiary/aromatic N) is 2. The van der Waals surface area contributed by atoms with E-state index in [1.165, 1.54) is 18.7 Å². The largest absolute Gasteiger partial charge is 0.496 e. The van der Waals surface area contributed by atoms with E-state index in [0.717, 1.165) is 36.4 Å². The molecule has 2 aromatic rings. The molecular formula is C18H24N4O2. The summed E-state index contributed by atoms with van der Waals surface area (Å²) in [5.41, 5.74) is 2.01. The molecule has 128 valence electrons. The highest BCUT2D eigenvalue weighted by molar-refractivity contribution is 5.73. The number of aryl methyl sites for hydroxylation is 2. The smallest absolute Gasteiger partial charge is 0.315 e. The number of hydrogen-bond acceptors (Lipinski definition) is 3. The van der Waals surface area contributed by atoms with Gasteiger partial charge in [0.1, 0.15) is 11.6 Å². The molecule has 3 rings (SSSR count). The molecule has 0 aliphatic carbocycles. The van der Waals surface area contributed by atoms with Crippen molar-refractivity contribution in [3.05, 3.63) is 47.5 Å². The van der Waals surface area contributed by atoms with Gasteiger partial charge in [-0.1, -0.05) is 18.2 Å². The van der Waals surface area contributed by atoms with Crippen molar-refractivity contribution in [2.45, 2.75) is 38.8 Å². The van der Waals surface area contributed by atoms with Crippen LogP contribution in [0.2, 0.25) is 0 Å². The van der Waals surface area contributed by atoms with Crippen molar-refractivity contribution in [1.29, 1.82) is 0 Å². The number of carbonyl (C=O) groups excluding carboxylic acids is 1. The lowest BCUT2D eigenvalue weighted by molar-refractivity contribution is 0.240. The van der Waals surface area contributed by atoms with Crippen molar-refractivity contribution in [1.82, 2.24) is 20.2 Å². The predicted octanol–water partition coefficient (Wildman–Crippen LogP) is 2.27. The summed E-state index contributed by atoms with van der Waals surface area (Å²) in [7, 11) is 1.63. The summed E-state index contributed by atoms with van der Waals surface area (Å²) in [5, 5.41) is 5.73. The molecule has 6 nitrogen and oxygen atoms in total. The minimum atomic E-state index is -0.176. The standard InChI is InChI=1S/C18H24N4O2/c1-24-16-7-3-2-6-14(16)12-20-18(23)19-10-9-15-13-22-11-5-4-8-17(22)21-15/h2-3,6-7,13H,4-5,8-12H2,1H3,(H2,19,20,23). The highest BCUT2D eigenvalue weighted by Gasteiger charge is 2.12. The van der Waals surface area contributed by atoms with Gasteiger partial charge in [-0.3, -0.25) is 0 Å². The topological polar surface area (TPSA) is 68.2 Å². The Kier molecular flexibility index (Phi) is 5.36. The van der Waals surface area contributed by atoms with E-state index in [9.17, 15) is 4.79 Å². The van der Waals surface area contributed by atoms with Crippen molar-refractivity contribution in [3.63, 3.8) is 0 Å². The average molecular weight is 328 g/mol. The number of aromatic nitrogens is 2. The van der Waals surface area contributed by atoms with Crippen LogP contribution in [0.1, 0.15) is 29.9 Å². The van der Waals surface area contributed by atoms with E-state index in [0.29, 0.717) is 13.1 Å². The van der Waals surface area contributed by atoms with E-state index in [1.807, 2.05) is 24.3 Å². The third kappa shape index (κ3) is 4.07. The Morgan fingerprint density at radius 1 is 1.29 bits per heavy atom. The molecule has 2 amide bonds. The number of ether oxygens (including phenoxy) is 1. The van der Waals surface area contributed by atoms with Gasteiger partial charge in [0, 0.05) is 44.2 Å². The van der Waals surface area contributed by atoms with Crippen LogP contribution in [-0.2, 0) is 25.9 Å². The monoisotopic (exact) mass is 328 g/mol. The summed E-state index contributed by atoms with van der Waals surface area (Å²) in [6, 6.07) is 7.49. The zero-order valence-electron chi connectivity index (χ0n) is 14.0. The maximum Gasteiger partial charge on any atom is 0.315 e. The molecule has 0 bridgehead atoms. The number of methoxy groups -OCH3 is 1. The number of para-hydroxylation sites is 1. The molecule has 0 fully saturated rings. The van der Waals surface area contributed by atoms with Crippen molar-refractivity contribution in [2.24, 2.45) is 0 Å². The molecule has 0 saturated carbocycles. The van der Waals surface area contributed by atoms with Gasteiger partial charge in [0.15, 0.2) is 0 Å². The van der Waals surface area contributed by atoms with Crippen LogP contribution >= 0.6 is 0 Å². The third-order valence-electron chi connectivity index (χ3n) is 4.26. The van der Waals surface area contributed by atoms with Gasteiger partial charge in [-0.25, -0.2) is 9.78 Å². The van der Waals surface area contributed by atoms with Gasteiger partial charge in [-0.05, 0) is 18.9 Å². The second kappa shape index (κ2) is 7.86. The highest BCUT2D eigenvalue weighted by Crippen LogP contribution is 2.16. The van der Waals surface area contributed by atoms with Crippen LogP contribution in [0.4, 0.5) is 4.79 Å². The minimum absolute atomic E-state index is 0.176. The third-order valence-corrected chi connectivity index (χ3v) is 4.26. The molecule has 0 unspecified atom stereocenters. The first-order chi connectivity index (χ1) is 11.8. The average Bonchev–Trinajstić information content (AvgIpc) is 3.03.